The average Bonchev–Trinajstić information content (AvgIpc) is 2.74. The fourth-order valence-electron chi connectivity index (χ4n) is 1.65. The molecule has 5 nitrogen and oxygen atoms in total. The number of hydrogen-bond acceptors (Lipinski definition) is 5. The zero-order chi connectivity index (χ0) is 13.4. The molecule has 0 saturated carbocycles. The molecule has 0 amide bonds. The summed E-state index contributed by atoms with van der Waals surface area (Å²) in [4.78, 5) is 2.21. The largest absolute Gasteiger partial charge is 0.385 e. The van der Waals surface area contributed by atoms with Crippen LogP contribution >= 0.6 is 0 Å². The van der Waals surface area contributed by atoms with Crippen LogP contribution in [0.1, 0.15) is 31.7 Å². The minimum Gasteiger partial charge on any atom is -0.385 e. The molecule has 5 heteroatoms. The highest BCUT2D eigenvalue weighted by Gasteiger charge is 2.07. The van der Waals surface area contributed by atoms with E-state index >= 15 is 0 Å². The molecule has 104 valence electrons. The molecule has 0 fully saturated rings. The van der Waals surface area contributed by atoms with Gasteiger partial charge in [-0.2, -0.15) is 0 Å². The Labute approximate surface area is 109 Å². The van der Waals surface area contributed by atoms with Crippen LogP contribution in [0.3, 0.4) is 0 Å². The normalized spacial score (nSPS) is 11.7. The van der Waals surface area contributed by atoms with E-state index in [2.05, 4.69) is 36.3 Å². The molecular formula is C13H25N3O2. The molecule has 1 aromatic heterocycles. The molecule has 0 atom stereocenters. The Morgan fingerprint density at radius 2 is 2.28 bits per heavy atom. The van der Waals surface area contributed by atoms with Gasteiger partial charge in [-0.15, -0.1) is 0 Å². The molecule has 0 unspecified atom stereocenters. The summed E-state index contributed by atoms with van der Waals surface area (Å²) in [6.07, 6.45) is 1.03. The molecule has 0 radical (unpaired) electrons. The van der Waals surface area contributed by atoms with Gasteiger partial charge >= 0.3 is 0 Å². The van der Waals surface area contributed by atoms with Crippen LogP contribution in [0.4, 0.5) is 0 Å². The first kappa shape index (κ1) is 15.1. The van der Waals surface area contributed by atoms with Crippen LogP contribution in [-0.4, -0.2) is 43.4 Å². The van der Waals surface area contributed by atoms with Crippen LogP contribution in [-0.2, 0) is 17.8 Å². The van der Waals surface area contributed by atoms with E-state index in [1.165, 1.54) is 0 Å². The summed E-state index contributed by atoms with van der Waals surface area (Å²) < 4.78 is 10.3. The Morgan fingerprint density at radius 3 is 2.94 bits per heavy atom. The standard InChI is InChI=1S/C13H25N3O2/c1-11(2)14-9-12-8-13(18-15-12)10-16(3)6-5-7-17-4/h8,11,14H,5-7,9-10H2,1-4H3. The zero-order valence-electron chi connectivity index (χ0n) is 11.9. The minimum absolute atomic E-state index is 0.460. The molecule has 1 aromatic rings. The van der Waals surface area contributed by atoms with E-state index < -0.39 is 0 Å². The summed E-state index contributed by atoms with van der Waals surface area (Å²) in [5.41, 5.74) is 0.962. The van der Waals surface area contributed by atoms with Gasteiger partial charge in [-0.3, -0.25) is 4.90 Å². The van der Waals surface area contributed by atoms with Crippen LogP contribution in [0.2, 0.25) is 0 Å². The highest BCUT2D eigenvalue weighted by molar-refractivity contribution is 5.05. The van der Waals surface area contributed by atoms with E-state index in [9.17, 15) is 0 Å². The summed E-state index contributed by atoms with van der Waals surface area (Å²) in [6, 6.07) is 2.48. The molecule has 0 aliphatic carbocycles. The molecule has 1 N–H and O–H groups in total. The van der Waals surface area contributed by atoms with E-state index in [1.807, 2.05) is 6.07 Å². The van der Waals surface area contributed by atoms with Gasteiger partial charge in [-0.1, -0.05) is 19.0 Å². The van der Waals surface area contributed by atoms with Gasteiger partial charge in [-0.25, -0.2) is 0 Å². The number of nitrogens with one attached hydrogen (secondary N) is 1. The highest BCUT2D eigenvalue weighted by Crippen LogP contribution is 2.06. The molecule has 1 heterocycles. The number of aromatic nitrogens is 1. The summed E-state index contributed by atoms with van der Waals surface area (Å²) in [5.74, 6) is 0.912. The van der Waals surface area contributed by atoms with Gasteiger partial charge in [0.05, 0.1) is 12.2 Å². The summed E-state index contributed by atoms with van der Waals surface area (Å²) in [6.45, 7) is 7.57. The fraction of sp³-hybridized carbons (Fsp3) is 0.769. The highest BCUT2D eigenvalue weighted by atomic mass is 16.5. The lowest BCUT2D eigenvalue weighted by Crippen LogP contribution is -2.22. The van der Waals surface area contributed by atoms with Gasteiger partial charge < -0.3 is 14.6 Å². The van der Waals surface area contributed by atoms with Crippen molar-refractivity contribution in [3.63, 3.8) is 0 Å². The van der Waals surface area contributed by atoms with Gasteiger partial charge in [0.25, 0.3) is 0 Å². The summed E-state index contributed by atoms with van der Waals surface area (Å²) in [5, 5.41) is 7.37. The quantitative estimate of drug-likeness (QED) is 0.680. The Kier molecular flexibility index (Phi) is 6.93. The first-order chi connectivity index (χ1) is 8.61. The molecule has 0 saturated heterocycles. The maximum Gasteiger partial charge on any atom is 0.151 e. The maximum absolute atomic E-state index is 5.31. The monoisotopic (exact) mass is 255 g/mol. The number of rotatable bonds is 9. The van der Waals surface area contributed by atoms with E-state index in [-0.39, 0.29) is 0 Å². The molecule has 0 aliphatic heterocycles. The van der Waals surface area contributed by atoms with E-state index in [0.29, 0.717) is 6.04 Å². The average molecular weight is 255 g/mol. The first-order valence-corrected chi connectivity index (χ1v) is 6.47. The van der Waals surface area contributed by atoms with Crippen LogP contribution < -0.4 is 5.32 Å². The first-order valence-electron chi connectivity index (χ1n) is 6.47. The second-order valence-electron chi connectivity index (χ2n) is 4.90. The van der Waals surface area contributed by atoms with Crippen LogP contribution in [0.5, 0.6) is 0 Å². The van der Waals surface area contributed by atoms with Gasteiger partial charge in [0.1, 0.15) is 0 Å². The molecule has 0 aromatic carbocycles. The van der Waals surface area contributed by atoms with E-state index in [1.54, 1.807) is 7.11 Å². The summed E-state index contributed by atoms with van der Waals surface area (Å²) in [7, 11) is 3.80. The van der Waals surface area contributed by atoms with Crippen molar-refractivity contribution < 1.29 is 9.26 Å². The van der Waals surface area contributed by atoms with Gasteiger partial charge in [0.2, 0.25) is 0 Å². The van der Waals surface area contributed by atoms with Crippen molar-refractivity contribution >= 4 is 0 Å². The van der Waals surface area contributed by atoms with Crippen molar-refractivity contribution in [1.29, 1.82) is 0 Å². The third-order valence-electron chi connectivity index (χ3n) is 2.61. The Morgan fingerprint density at radius 1 is 1.50 bits per heavy atom. The predicted octanol–water partition coefficient (Wildman–Crippen LogP) is 1.64. The van der Waals surface area contributed by atoms with Crippen LogP contribution in [0.25, 0.3) is 0 Å². The number of hydrogen-bond donors (Lipinski definition) is 1. The second kappa shape index (κ2) is 8.24. The Bertz CT molecular complexity index is 326. The Hall–Kier alpha value is -0.910. The minimum atomic E-state index is 0.460. The van der Waals surface area contributed by atoms with E-state index in [4.69, 9.17) is 9.26 Å². The zero-order valence-corrected chi connectivity index (χ0v) is 11.9. The van der Waals surface area contributed by atoms with Crippen molar-refractivity contribution in [3.8, 4) is 0 Å². The van der Waals surface area contributed by atoms with Crippen LogP contribution in [0.15, 0.2) is 10.6 Å². The molecular weight excluding hydrogens is 230 g/mol. The summed E-state index contributed by atoms with van der Waals surface area (Å²) >= 11 is 0. The predicted molar refractivity (Wildman–Crippen MR) is 71.3 cm³/mol. The third kappa shape index (κ3) is 6.14. The van der Waals surface area contributed by atoms with Crippen molar-refractivity contribution in [2.45, 2.75) is 39.4 Å². The van der Waals surface area contributed by atoms with Crippen molar-refractivity contribution in [2.75, 3.05) is 27.3 Å². The smallest absolute Gasteiger partial charge is 0.151 e. The lowest BCUT2D eigenvalue weighted by Gasteiger charge is -2.13. The lowest BCUT2D eigenvalue weighted by atomic mass is 10.3. The number of ether oxygens (including phenoxy) is 1. The van der Waals surface area contributed by atoms with Gasteiger partial charge in [0, 0.05) is 38.9 Å². The maximum atomic E-state index is 5.31. The lowest BCUT2D eigenvalue weighted by molar-refractivity contribution is 0.174. The molecule has 1 rings (SSSR count). The van der Waals surface area contributed by atoms with Gasteiger partial charge in [0.15, 0.2) is 5.76 Å². The SMILES string of the molecule is COCCCN(C)Cc1cc(CNC(C)C)no1. The van der Waals surface area contributed by atoms with E-state index in [0.717, 1.165) is 44.1 Å². The van der Waals surface area contributed by atoms with Crippen molar-refractivity contribution in [3.05, 3.63) is 17.5 Å². The van der Waals surface area contributed by atoms with Crippen molar-refractivity contribution in [1.82, 2.24) is 15.4 Å². The van der Waals surface area contributed by atoms with Gasteiger partial charge in [-0.05, 0) is 13.5 Å². The second-order valence-corrected chi connectivity index (χ2v) is 4.90. The molecule has 0 spiro atoms. The number of methoxy groups -OCH3 is 1. The Balaban J connectivity index is 2.29. The topological polar surface area (TPSA) is 50.5 Å². The van der Waals surface area contributed by atoms with Crippen LogP contribution in [0, 0.1) is 0 Å². The number of nitrogens with zero attached hydrogens (tertiary/aromatic N) is 2. The third-order valence-corrected chi connectivity index (χ3v) is 2.61. The van der Waals surface area contributed by atoms with Crippen molar-refractivity contribution in [2.24, 2.45) is 0 Å². The fourth-order valence-corrected chi connectivity index (χ4v) is 1.65. The molecule has 0 aliphatic rings. The molecule has 18 heavy (non-hydrogen) atoms. The molecule has 0 bridgehead atoms.